The molecule has 1 aliphatic heterocycles. The molecule has 1 aromatic rings. The van der Waals surface area contributed by atoms with Gasteiger partial charge in [-0.3, -0.25) is 0 Å². The lowest BCUT2D eigenvalue weighted by Gasteiger charge is -2.25. The first-order chi connectivity index (χ1) is 6.86. The van der Waals surface area contributed by atoms with E-state index in [-0.39, 0.29) is 0 Å². The average molecular weight is 195 g/mol. The minimum atomic E-state index is 0.299. The number of hydrogen-bond donors (Lipinski definition) is 1. The van der Waals surface area contributed by atoms with Crippen molar-refractivity contribution in [3.63, 3.8) is 0 Å². The van der Waals surface area contributed by atoms with Gasteiger partial charge in [0.15, 0.2) is 0 Å². The van der Waals surface area contributed by atoms with E-state index in [1.807, 2.05) is 12.1 Å². The molecule has 1 aromatic heterocycles. The second-order valence-corrected chi connectivity index (χ2v) is 3.79. The molecule has 14 heavy (non-hydrogen) atoms. The first-order valence-corrected chi connectivity index (χ1v) is 5.23. The maximum atomic E-state index is 5.34. The van der Waals surface area contributed by atoms with Crippen LogP contribution in [0.1, 0.15) is 31.6 Å². The average Bonchev–Trinajstić information content (AvgIpc) is 2.72. The predicted molar refractivity (Wildman–Crippen MR) is 54.1 cm³/mol. The van der Waals surface area contributed by atoms with E-state index < -0.39 is 0 Å². The van der Waals surface area contributed by atoms with Gasteiger partial charge in [0.2, 0.25) is 0 Å². The molecule has 1 N–H and O–H groups in total. The van der Waals surface area contributed by atoms with Crippen molar-refractivity contribution < 1.29 is 9.15 Å². The summed E-state index contributed by atoms with van der Waals surface area (Å²) in [5.74, 6) is 1.01. The van der Waals surface area contributed by atoms with E-state index >= 15 is 0 Å². The van der Waals surface area contributed by atoms with Crippen LogP contribution in [0.25, 0.3) is 0 Å². The van der Waals surface area contributed by atoms with Gasteiger partial charge in [0, 0.05) is 19.3 Å². The van der Waals surface area contributed by atoms with E-state index in [0.717, 1.165) is 31.8 Å². The molecule has 3 nitrogen and oxygen atoms in total. The molecule has 0 spiro atoms. The Balaban J connectivity index is 1.84. The molecule has 1 saturated heterocycles. The molecule has 1 fully saturated rings. The molecule has 0 aromatic carbocycles. The van der Waals surface area contributed by atoms with Crippen LogP contribution in [0.5, 0.6) is 0 Å². The van der Waals surface area contributed by atoms with Crippen molar-refractivity contribution >= 4 is 0 Å². The van der Waals surface area contributed by atoms with Crippen molar-refractivity contribution in [2.75, 3.05) is 13.2 Å². The topological polar surface area (TPSA) is 34.4 Å². The highest BCUT2D eigenvalue weighted by Crippen LogP contribution is 2.16. The summed E-state index contributed by atoms with van der Waals surface area (Å²) in [5.41, 5.74) is 0. The van der Waals surface area contributed by atoms with Crippen LogP contribution in [0, 0.1) is 0 Å². The zero-order valence-electron chi connectivity index (χ0n) is 8.53. The van der Waals surface area contributed by atoms with Crippen LogP contribution >= 0.6 is 0 Å². The van der Waals surface area contributed by atoms with Crippen LogP contribution in [0.4, 0.5) is 0 Å². The molecular formula is C11H17NO2. The fourth-order valence-corrected chi connectivity index (χ4v) is 1.84. The van der Waals surface area contributed by atoms with Crippen LogP contribution in [0.15, 0.2) is 22.8 Å². The van der Waals surface area contributed by atoms with Gasteiger partial charge in [-0.15, -0.1) is 0 Å². The summed E-state index contributed by atoms with van der Waals surface area (Å²) in [6.45, 7) is 3.89. The lowest BCUT2D eigenvalue weighted by atomic mass is 10.1. The second kappa shape index (κ2) is 4.62. The Bertz CT molecular complexity index is 252. The Kier molecular flexibility index (Phi) is 3.22. The highest BCUT2D eigenvalue weighted by molar-refractivity contribution is 5.03. The third-order valence-electron chi connectivity index (χ3n) is 2.68. The van der Waals surface area contributed by atoms with E-state index in [2.05, 4.69) is 12.2 Å². The molecule has 78 valence electrons. The molecule has 0 radical (unpaired) electrons. The van der Waals surface area contributed by atoms with Crippen LogP contribution in [0.3, 0.4) is 0 Å². The smallest absolute Gasteiger partial charge is 0.120 e. The largest absolute Gasteiger partial charge is 0.468 e. The molecular weight excluding hydrogens is 178 g/mol. The van der Waals surface area contributed by atoms with Crippen LogP contribution in [-0.4, -0.2) is 19.3 Å². The summed E-state index contributed by atoms with van der Waals surface area (Å²) < 4.78 is 10.7. The Morgan fingerprint density at radius 3 is 2.86 bits per heavy atom. The molecule has 3 heteroatoms. The molecule has 0 saturated carbocycles. The Morgan fingerprint density at radius 2 is 2.21 bits per heavy atom. The summed E-state index contributed by atoms with van der Waals surface area (Å²) in [6, 6.07) is 4.81. The normalized spacial score (nSPS) is 20.9. The summed E-state index contributed by atoms with van der Waals surface area (Å²) in [4.78, 5) is 0. The minimum Gasteiger partial charge on any atom is -0.468 e. The molecule has 2 rings (SSSR count). The van der Waals surface area contributed by atoms with Gasteiger partial charge in [0.1, 0.15) is 5.76 Å². The number of rotatable bonds is 3. The first kappa shape index (κ1) is 9.74. The molecule has 1 atom stereocenters. The maximum Gasteiger partial charge on any atom is 0.120 e. The van der Waals surface area contributed by atoms with Crippen LogP contribution < -0.4 is 5.32 Å². The van der Waals surface area contributed by atoms with E-state index in [1.54, 1.807) is 6.26 Å². The van der Waals surface area contributed by atoms with Crippen molar-refractivity contribution in [1.82, 2.24) is 5.32 Å². The second-order valence-electron chi connectivity index (χ2n) is 3.79. The predicted octanol–water partition coefficient (Wildman–Crippen LogP) is 2.11. The molecule has 0 amide bonds. The fraction of sp³-hybridized carbons (Fsp3) is 0.636. The van der Waals surface area contributed by atoms with Gasteiger partial charge in [-0.2, -0.15) is 0 Å². The summed E-state index contributed by atoms with van der Waals surface area (Å²) in [7, 11) is 0. The van der Waals surface area contributed by atoms with E-state index in [1.165, 1.54) is 0 Å². The van der Waals surface area contributed by atoms with E-state index in [9.17, 15) is 0 Å². The van der Waals surface area contributed by atoms with Crippen LogP contribution in [-0.2, 0) is 4.74 Å². The third-order valence-corrected chi connectivity index (χ3v) is 2.68. The Labute approximate surface area is 84.4 Å². The van der Waals surface area contributed by atoms with Crippen molar-refractivity contribution in [3.05, 3.63) is 24.2 Å². The lowest BCUT2D eigenvalue weighted by Crippen LogP contribution is -2.36. The zero-order chi connectivity index (χ0) is 9.80. The summed E-state index contributed by atoms with van der Waals surface area (Å²) in [6.07, 6.45) is 3.92. The highest BCUT2D eigenvalue weighted by Gasteiger charge is 2.17. The molecule has 2 heterocycles. The molecule has 1 aliphatic rings. The quantitative estimate of drug-likeness (QED) is 0.802. The number of furan rings is 1. The Hall–Kier alpha value is -0.800. The van der Waals surface area contributed by atoms with Crippen molar-refractivity contribution in [3.8, 4) is 0 Å². The van der Waals surface area contributed by atoms with Crippen LogP contribution in [0.2, 0.25) is 0 Å². The SMILES string of the molecule is C[C@@H](NC1CCOCC1)c1ccco1. The number of hydrogen-bond acceptors (Lipinski definition) is 3. The lowest BCUT2D eigenvalue weighted by molar-refractivity contribution is 0.0746. The monoisotopic (exact) mass is 195 g/mol. The van der Waals surface area contributed by atoms with Gasteiger partial charge < -0.3 is 14.5 Å². The molecule has 0 unspecified atom stereocenters. The van der Waals surface area contributed by atoms with Gasteiger partial charge in [-0.1, -0.05) is 0 Å². The minimum absolute atomic E-state index is 0.299. The van der Waals surface area contributed by atoms with Crippen molar-refractivity contribution in [2.45, 2.75) is 31.8 Å². The third kappa shape index (κ3) is 2.36. The molecule has 0 aliphatic carbocycles. The number of nitrogens with one attached hydrogen (secondary N) is 1. The van der Waals surface area contributed by atoms with Gasteiger partial charge in [0.05, 0.1) is 12.3 Å². The standard InChI is InChI=1S/C11H17NO2/c1-9(11-3-2-6-14-11)12-10-4-7-13-8-5-10/h2-3,6,9-10,12H,4-5,7-8H2,1H3/t9-/m1/s1. The highest BCUT2D eigenvalue weighted by atomic mass is 16.5. The van der Waals surface area contributed by atoms with Gasteiger partial charge in [0.25, 0.3) is 0 Å². The Morgan fingerprint density at radius 1 is 1.43 bits per heavy atom. The zero-order valence-corrected chi connectivity index (χ0v) is 8.53. The van der Waals surface area contributed by atoms with E-state index in [0.29, 0.717) is 12.1 Å². The number of ether oxygens (including phenoxy) is 1. The first-order valence-electron chi connectivity index (χ1n) is 5.23. The van der Waals surface area contributed by atoms with E-state index in [4.69, 9.17) is 9.15 Å². The summed E-state index contributed by atoms with van der Waals surface area (Å²) >= 11 is 0. The van der Waals surface area contributed by atoms with Crippen molar-refractivity contribution in [2.24, 2.45) is 0 Å². The van der Waals surface area contributed by atoms with Crippen molar-refractivity contribution in [1.29, 1.82) is 0 Å². The summed E-state index contributed by atoms with van der Waals surface area (Å²) in [5, 5.41) is 3.55. The maximum absolute atomic E-state index is 5.34. The van der Waals surface area contributed by atoms with Gasteiger partial charge in [-0.05, 0) is 31.9 Å². The van der Waals surface area contributed by atoms with Gasteiger partial charge >= 0.3 is 0 Å². The fourth-order valence-electron chi connectivity index (χ4n) is 1.84. The van der Waals surface area contributed by atoms with Gasteiger partial charge in [-0.25, -0.2) is 0 Å². The molecule has 0 bridgehead atoms.